The van der Waals surface area contributed by atoms with Crippen LogP contribution >= 0.6 is 15.9 Å². The normalized spacial score (nSPS) is 31.9. The lowest BCUT2D eigenvalue weighted by Crippen LogP contribution is -2.36. The molecule has 1 fully saturated rings. The summed E-state index contributed by atoms with van der Waals surface area (Å²) >= 11 is 3.78. The van der Waals surface area contributed by atoms with E-state index in [9.17, 15) is 0 Å². The summed E-state index contributed by atoms with van der Waals surface area (Å²) in [6.07, 6.45) is 2.46. The third-order valence-corrected chi connectivity index (χ3v) is 7.82. The first kappa shape index (κ1) is 13.9. The standard InChI is InChI=1S/C20H19BrN2/c1-19-8-7-14(20(19,2)11-21)17-18(19)23-16-10-13-6-4-3-5-12(13)9-15(16)22-17/h3-6,9-10,14H,7-8,11H2,1-2H3. The first-order valence-electron chi connectivity index (χ1n) is 8.34. The molecule has 0 radical (unpaired) electrons. The number of rotatable bonds is 1. The molecule has 2 bridgehead atoms. The van der Waals surface area contributed by atoms with Gasteiger partial charge in [0.25, 0.3) is 0 Å². The van der Waals surface area contributed by atoms with Crippen molar-refractivity contribution in [2.45, 2.75) is 38.0 Å². The van der Waals surface area contributed by atoms with E-state index in [1.807, 2.05) is 0 Å². The first-order valence-corrected chi connectivity index (χ1v) is 9.46. The quantitative estimate of drug-likeness (QED) is 0.429. The Labute approximate surface area is 144 Å². The zero-order chi connectivity index (χ0) is 15.8. The van der Waals surface area contributed by atoms with Crippen molar-refractivity contribution >= 4 is 37.7 Å². The van der Waals surface area contributed by atoms with Crippen molar-refractivity contribution in [2.24, 2.45) is 5.41 Å². The lowest BCUT2D eigenvalue weighted by atomic mass is 9.70. The van der Waals surface area contributed by atoms with Crippen LogP contribution in [0.25, 0.3) is 21.8 Å². The maximum Gasteiger partial charge on any atom is 0.0897 e. The molecule has 116 valence electrons. The zero-order valence-corrected chi connectivity index (χ0v) is 15.0. The lowest BCUT2D eigenvalue weighted by Gasteiger charge is -2.36. The number of alkyl halides is 1. The van der Waals surface area contributed by atoms with E-state index in [1.165, 1.54) is 35.0 Å². The molecule has 2 aromatic carbocycles. The predicted molar refractivity (Wildman–Crippen MR) is 98.3 cm³/mol. The van der Waals surface area contributed by atoms with Crippen molar-refractivity contribution in [3.63, 3.8) is 0 Å². The Bertz CT molecular complexity index is 966. The molecule has 3 heteroatoms. The Kier molecular flexibility index (Phi) is 2.62. The summed E-state index contributed by atoms with van der Waals surface area (Å²) in [5.41, 5.74) is 4.95. The largest absolute Gasteiger partial charge is 0.249 e. The second kappa shape index (κ2) is 4.32. The van der Waals surface area contributed by atoms with Crippen LogP contribution in [0.1, 0.15) is 44.0 Å². The van der Waals surface area contributed by atoms with Gasteiger partial charge in [0.1, 0.15) is 0 Å². The van der Waals surface area contributed by atoms with Crippen LogP contribution in [0, 0.1) is 5.41 Å². The van der Waals surface area contributed by atoms with Crippen LogP contribution in [-0.2, 0) is 5.41 Å². The third-order valence-electron chi connectivity index (χ3n) is 6.65. The topological polar surface area (TPSA) is 25.8 Å². The summed E-state index contributed by atoms with van der Waals surface area (Å²) in [6, 6.07) is 12.9. The van der Waals surface area contributed by atoms with Crippen LogP contribution < -0.4 is 0 Å². The number of hydrogen-bond donors (Lipinski definition) is 0. The van der Waals surface area contributed by atoms with Gasteiger partial charge in [-0.25, -0.2) is 9.97 Å². The van der Waals surface area contributed by atoms with E-state index in [1.54, 1.807) is 0 Å². The molecule has 1 saturated carbocycles. The lowest BCUT2D eigenvalue weighted by molar-refractivity contribution is 0.236. The van der Waals surface area contributed by atoms with E-state index in [0.717, 1.165) is 16.4 Å². The van der Waals surface area contributed by atoms with E-state index in [2.05, 4.69) is 66.2 Å². The Morgan fingerprint density at radius 3 is 2.39 bits per heavy atom. The fraction of sp³-hybridized carbons (Fsp3) is 0.400. The molecule has 0 N–H and O–H groups in total. The second-order valence-electron chi connectivity index (χ2n) is 7.62. The van der Waals surface area contributed by atoms with Gasteiger partial charge >= 0.3 is 0 Å². The molecular formula is C20H19BrN2. The molecule has 2 aliphatic rings. The third kappa shape index (κ3) is 1.54. The summed E-state index contributed by atoms with van der Waals surface area (Å²) < 4.78 is 0. The smallest absolute Gasteiger partial charge is 0.0897 e. The van der Waals surface area contributed by atoms with Gasteiger partial charge in [0.15, 0.2) is 0 Å². The summed E-state index contributed by atoms with van der Waals surface area (Å²) in [5, 5.41) is 3.50. The van der Waals surface area contributed by atoms with Crippen LogP contribution in [0.2, 0.25) is 0 Å². The van der Waals surface area contributed by atoms with Crippen molar-refractivity contribution in [3.8, 4) is 0 Å². The molecule has 0 spiro atoms. The van der Waals surface area contributed by atoms with Crippen molar-refractivity contribution < 1.29 is 0 Å². The Hall–Kier alpha value is -1.48. The Morgan fingerprint density at radius 2 is 1.74 bits per heavy atom. The van der Waals surface area contributed by atoms with Gasteiger partial charge < -0.3 is 0 Å². The molecule has 1 heterocycles. The SMILES string of the molecule is CC12CCC(c3nc4cc5ccccc5cc4nc31)C2(C)CBr. The molecule has 3 unspecified atom stereocenters. The van der Waals surface area contributed by atoms with Crippen molar-refractivity contribution in [1.82, 2.24) is 9.97 Å². The number of benzene rings is 2. The summed E-state index contributed by atoms with van der Waals surface area (Å²) in [5.74, 6) is 0.533. The van der Waals surface area contributed by atoms with Gasteiger partial charge in [-0.3, -0.25) is 0 Å². The van der Waals surface area contributed by atoms with Gasteiger partial charge in [-0.2, -0.15) is 0 Å². The Morgan fingerprint density at radius 1 is 1.09 bits per heavy atom. The van der Waals surface area contributed by atoms with E-state index in [-0.39, 0.29) is 10.8 Å². The molecule has 2 aliphatic carbocycles. The molecule has 3 aromatic rings. The van der Waals surface area contributed by atoms with Crippen LogP contribution in [0.5, 0.6) is 0 Å². The molecule has 23 heavy (non-hydrogen) atoms. The molecule has 1 aromatic heterocycles. The summed E-state index contributed by atoms with van der Waals surface area (Å²) in [7, 11) is 0. The number of nitrogens with zero attached hydrogens (tertiary/aromatic N) is 2. The second-order valence-corrected chi connectivity index (χ2v) is 8.18. The minimum Gasteiger partial charge on any atom is -0.249 e. The van der Waals surface area contributed by atoms with Gasteiger partial charge in [-0.1, -0.05) is 54.0 Å². The average molecular weight is 367 g/mol. The van der Waals surface area contributed by atoms with Crippen LogP contribution in [0.3, 0.4) is 0 Å². The highest BCUT2D eigenvalue weighted by Gasteiger charge is 2.63. The highest BCUT2D eigenvalue weighted by Crippen LogP contribution is 2.67. The summed E-state index contributed by atoms with van der Waals surface area (Å²) in [4.78, 5) is 10.2. The molecular weight excluding hydrogens is 348 g/mol. The van der Waals surface area contributed by atoms with Gasteiger partial charge in [0.2, 0.25) is 0 Å². The molecule has 0 amide bonds. The number of hydrogen-bond acceptors (Lipinski definition) is 2. The minimum absolute atomic E-state index is 0.142. The van der Waals surface area contributed by atoms with Gasteiger partial charge in [-0.15, -0.1) is 0 Å². The molecule has 0 aliphatic heterocycles. The van der Waals surface area contributed by atoms with Crippen LogP contribution in [0.4, 0.5) is 0 Å². The monoisotopic (exact) mass is 366 g/mol. The van der Waals surface area contributed by atoms with Gasteiger partial charge in [0, 0.05) is 16.7 Å². The van der Waals surface area contributed by atoms with E-state index in [4.69, 9.17) is 9.97 Å². The zero-order valence-electron chi connectivity index (χ0n) is 13.4. The highest BCUT2D eigenvalue weighted by molar-refractivity contribution is 9.09. The average Bonchev–Trinajstić information content (AvgIpc) is 2.93. The van der Waals surface area contributed by atoms with E-state index in [0.29, 0.717) is 5.92 Å². The van der Waals surface area contributed by atoms with Crippen molar-refractivity contribution in [3.05, 3.63) is 47.8 Å². The van der Waals surface area contributed by atoms with E-state index < -0.39 is 0 Å². The molecule has 3 atom stereocenters. The maximum atomic E-state index is 5.12. The fourth-order valence-corrected chi connectivity index (χ4v) is 5.90. The molecule has 5 rings (SSSR count). The minimum atomic E-state index is 0.142. The first-order chi connectivity index (χ1) is 11.1. The van der Waals surface area contributed by atoms with Crippen LogP contribution in [0.15, 0.2) is 36.4 Å². The molecule has 0 saturated heterocycles. The van der Waals surface area contributed by atoms with Crippen molar-refractivity contribution in [1.29, 1.82) is 0 Å². The maximum absolute atomic E-state index is 5.12. The Balaban J connectivity index is 1.84. The number of halogens is 1. The van der Waals surface area contributed by atoms with Gasteiger partial charge in [-0.05, 0) is 41.2 Å². The van der Waals surface area contributed by atoms with Gasteiger partial charge in [0.05, 0.1) is 22.4 Å². The highest BCUT2D eigenvalue weighted by atomic mass is 79.9. The van der Waals surface area contributed by atoms with Crippen molar-refractivity contribution in [2.75, 3.05) is 5.33 Å². The summed E-state index contributed by atoms with van der Waals surface area (Å²) in [6.45, 7) is 4.80. The fourth-order valence-electron chi connectivity index (χ4n) is 4.89. The number of fused-ring (bicyclic) bond motifs is 7. The van der Waals surface area contributed by atoms with E-state index >= 15 is 0 Å². The van der Waals surface area contributed by atoms with Crippen LogP contribution in [-0.4, -0.2) is 15.3 Å². The predicted octanol–water partition coefficient (Wildman–Crippen LogP) is 5.33. The molecule has 2 nitrogen and oxygen atoms in total. The number of aromatic nitrogens is 2.